The lowest BCUT2D eigenvalue weighted by molar-refractivity contribution is -0.131. The molecule has 0 bridgehead atoms. The second-order valence-corrected chi connectivity index (χ2v) is 7.03. The van der Waals surface area contributed by atoms with E-state index in [1.165, 1.54) is 0 Å². The van der Waals surface area contributed by atoms with Crippen molar-refractivity contribution in [1.82, 2.24) is 25.1 Å². The van der Waals surface area contributed by atoms with Gasteiger partial charge in [0.1, 0.15) is 5.82 Å². The lowest BCUT2D eigenvalue weighted by Gasteiger charge is -2.31. The van der Waals surface area contributed by atoms with E-state index < -0.39 is 0 Å². The number of pyridine rings is 1. The van der Waals surface area contributed by atoms with Gasteiger partial charge in [-0.3, -0.25) is 14.9 Å². The summed E-state index contributed by atoms with van der Waals surface area (Å²) < 4.78 is 0. The Hall–Kier alpha value is -3.02. The quantitative estimate of drug-likeness (QED) is 0.758. The first kappa shape index (κ1) is 17.4. The van der Waals surface area contributed by atoms with E-state index in [0.29, 0.717) is 18.2 Å². The largest absolute Gasteiger partial charge is 0.342 e. The molecule has 0 atom stereocenters. The van der Waals surface area contributed by atoms with Gasteiger partial charge in [0.15, 0.2) is 5.82 Å². The summed E-state index contributed by atoms with van der Waals surface area (Å²) in [6, 6.07) is 13.8. The van der Waals surface area contributed by atoms with Crippen molar-refractivity contribution >= 4 is 5.91 Å². The van der Waals surface area contributed by atoms with Gasteiger partial charge in [0.2, 0.25) is 5.91 Å². The highest BCUT2D eigenvalue weighted by molar-refractivity contribution is 5.78. The number of nitrogens with one attached hydrogen (secondary N) is 1. The number of rotatable bonds is 5. The van der Waals surface area contributed by atoms with Gasteiger partial charge < -0.3 is 4.90 Å². The highest BCUT2D eigenvalue weighted by Gasteiger charge is 2.24. The van der Waals surface area contributed by atoms with Gasteiger partial charge >= 0.3 is 0 Å². The molecule has 6 heteroatoms. The number of hydrogen-bond acceptors (Lipinski definition) is 4. The summed E-state index contributed by atoms with van der Waals surface area (Å²) in [5.41, 5.74) is 2.05. The van der Waals surface area contributed by atoms with Crippen LogP contribution in [-0.4, -0.2) is 44.1 Å². The third-order valence-corrected chi connectivity index (χ3v) is 5.12. The molecule has 1 fully saturated rings. The third-order valence-electron chi connectivity index (χ3n) is 5.12. The van der Waals surface area contributed by atoms with Gasteiger partial charge in [-0.15, -0.1) is 0 Å². The van der Waals surface area contributed by atoms with Crippen LogP contribution >= 0.6 is 0 Å². The zero-order valence-electron chi connectivity index (χ0n) is 15.2. The van der Waals surface area contributed by atoms with E-state index in [-0.39, 0.29) is 5.91 Å². The Kier molecular flexibility index (Phi) is 5.23. The average Bonchev–Trinajstić information content (AvgIpc) is 3.18. The predicted molar refractivity (Wildman–Crippen MR) is 103 cm³/mol. The summed E-state index contributed by atoms with van der Waals surface area (Å²) in [4.78, 5) is 23.1. The average molecular weight is 361 g/mol. The van der Waals surface area contributed by atoms with Crippen molar-refractivity contribution in [2.75, 3.05) is 13.1 Å². The van der Waals surface area contributed by atoms with Crippen molar-refractivity contribution in [2.45, 2.75) is 25.7 Å². The molecule has 0 aliphatic carbocycles. The van der Waals surface area contributed by atoms with Crippen LogP contribution in [0.4, 0.5) is 0 Å². The van der Waals surface area contributed by atoms with Crippen molar-refractivity contribution in [3.05, 3.63) is 66.2 Å². The van der Waals surface area contributed by atoms with Crippen molar-refractivity contribution in [3.8, 4) is 11.4 Å². The molecular formula is C21H23N5O. The Labute approximate surface area is 158 Å². The normalized spacial score (nSPS) is 15.0. The number of hydrogen-bond donors (Lipinski definition) is 1. The molecule has 6 nitrogen and oxygen atoms in total. The van der Waals surface area contributed by atoms with Crippen LogP contribution in [0.15, 0.2) is 54.9 Å². The second kappa shape index (κ2) is 8.12. The van der Waals surface area contributed by atoms with Crippen LogP contribution in [0.3, 0.4) is 0 Å². The standard InChI is InChI=1S/C21H23N5O/c27-20(15-16-4-2-1-3-5-16)26-12-8-17(9-13-26)14-19-23-21(25-24-19)18-6-10-22-11-7-18/h1-7,10-11,17H,8-9,12-15H2,(H,23,24,25). The highest BCUT2D eigenvalue weighted by Crippen LogP contribution is 2.22. The zero-order valence-corrected chi connectivity index (χ0v) is 15.2. The Morgan fingerprint density at radius 3 is 2.56 bits per heavy atom. The molecule has 1 aliphatic rings. The molecule has 0 radical (unpaired) electrons. The number of benzene rings is 1. The minimum atomic E-state index is 0.222. The summed E-state index contributed by atoms with van der Waals surface area (Å²) in [5.74, 6) is 2.38. The fourth-order valence-corrected chi connectivity index (χ4v) is 3.56. The van der Waals surface area contributed by atoms with E-state index in [2.05, 4.69) is 20.2 Å². The third kappa shape index (κ3) is 4.39. The number of aromatic nitrogens is 4. The summed E-state index contributed by atoms with van der Waals surface area (Å²) in [6.07, 6.45) is 6.86. The SMILES string of the molecule is O=C(Cc1ccccc1)N1CCC(Cc2nc(-c3ccncc3)n[nH]2)CC1. The van der Waals surface area contributed by atoms with Crippen molar-refractivity contribution in [1.29, 1.82) is 0 Å². The first-order chi connectivity index (χ1) is 13.3. The minimum Gasteiger partial charge on any atom is -0.342 e. The van der Waals surface area contributed by atoms with E-state index >= 15 is 0 Å². The van der Waals surface area contributed by atoms with Gasteiger partial charge in [-0.1, -0.05) is 30.3 Å². The molecule has 1 N–H and O–H groups in total. The van der Waals surface area contributed by atoms with Gasteiger partial charge in [0.05, 0.1) is 6.42 Å². The summed E-state index contributed by atoms with van der Waals surface area (Å²) in [6.45, 7) is 1.64. The molecule has 0 saturated carbocycles. The van der Waals surface area contributed by atoms with Crippen LogP contribution in [0, 0.1) is 5.92 Å². The van der Waals surface area contributed by atoms with E-state index in [4.69, 9.17) is 0 Å². The van der Waals surface area contributed by atoms with E-state index in [0.717, 1.165) is 49.3 Å². The molecule has 2 aromatic heterocycles. The fourth-order valence-electron chi connectivity index (χ4n) is 3.56. The molecule has 0 spiro atoms. The van der Waals surface area contributed by atoms with E-state index in [1.807, 2.05) is 47.4 Å². The van der Waals surface area contributed by atoms with Gasteiger partial charge in [-0.2, -0.15) is 5.10 Å². The van der Waals surface area contributed by atoms with Crippen LogP contribution in [0.1, 0.15) is 24.2 Å². The van der Waals surface area contributed by atoms with Crippen LogP contribution in [0.2, 0.25) is 0 Å². The predicted octanol–water partition coefficient (Wildman–Crippen LogP) is 2.89. The van der Waals surface area contributed by atoms with Crippen molar-refractivity contribution in [2.24, 2.45) is 5.92 Å². The fraction of sp³-hybridized carbons (Fsp3) is 0.333. The Balaban J connectivity index is 1.28. The van der Waals surface area contributed by atoms with Gasteiger partial charge in [-0.25, -0.2) is 4.98 Å². The van der Waals surface area contributed by atoms with E-state index in [9.17, 15) is 4.79 Å². The van der Waals surface area contributed by atoms with Gasteiger partial charge in [0, 0.05) is 37.5 Å². The number of carbonyl (C=O) groups is 1. The van der Waals surface area contributed by atoms with E-state index in [1.54, 1.807) is 12.4 Å². The zero-order chi connectivity index (χ0) is 18.5. The molecule has 1 saturated heterocycles. The molecule has 3 aromatic rings. The maximum absolute atomic E-state index is 12.5. The molecule has 4 rings (SSSR count). The summed E-state index contributed by atoms with van der Waals surface area (Å²) in [5, 5.41) is 7.37. The molecule has 1 aromatic carbocycles. The molecule has 138 valence electrons. The highest BCUT2D eigenvalue weighted by atomic mass is 16.2. The smallest absolute Gasteiger partial charge is 0.226 e. The first-order valence-corrected chi connectivity index (χ1v) is 9.41. The number of H-pyrrole nitrogens is 1. The Morgan fingerprint density at radius 2 is 1.81 bits per heavy atom. The Bertz CT molecular complexity index is 870. The first-order valence-electron chi connectivity index (χ1n) is 9.41. The second-order valence-electron chi connectivity index (χ2n) is 7.03. The van der Waals surface area contributed by atoms with Crippen LogP contribution in [0.5, 0.6) is 0 Å². The maximum Gasteiger partial charge on any atom is 0.226 e. The topological polar surface area (TPSA) is 74.8 Å². The molecule has 1 amide bonds. The minimum absolute atomic E-state index is 0.222. The molecule has 27 heavy (non-hydrogen) atoms. The lowest BCUT2D eigenvalue weighted by atomic mass is 9.93. The molecule has 0 unspecified atom stereocenters. The van der Waals surface area contributed by atoms with Crippen LogP contribution < -0.4 is 0 Å². The molecule has 3 heterocycles. The van der Waals surface area contributed by atoms with Gasteiger partial charge in [0.25, 0.3) is 0 Å². The van der Waals surface area contributed by atoms with Crippen LogP contribution in [0.25, 0.3) is 11.4 Å². The Morgan fingerprint density at radius 1 is 1.07 bits per heavy atom. The summed E-state index contributed by atoms with van der Waals surface area (Å²) >= 11 is 0. The van der Waals surface area contributed by atoms with Crippen LogP contribution in [-0.2, 0) is 17.6 Å². The number of likely N-dealkylation sites (tertiary alicyclic amines) is 1. The monoisotopic (exact) mass is 361 g/mol. The summed E-state index contributed by atoms with van der Waals surface area (Å²) in [7, 11) is 0. The number of piperidine rings is 1. The number of carbonyl (C=O) groups excluding carboxylic acids is 1. The number of amides is 1. The number of nitrogens with zero attached hydrogens (tertiary/aromatic N) is 4. The van der Waals surface area contributed by atoms with Gasteiger partial charge in [-0.05, 0) is 36.5 Å². The number of aromatic amines is 1. The van der Waals surface area contributed by atoms with Crippen molar-refractivity contribution in [3.63, 3.8) is 0 Å². The van der Waals surface area contributed by atoms with Crippen molar-refractivity contribution < 1.29 is 4.79 Å². The molecular weight excluding hydrogens is 338 g/mol. The maximum atomic E-state index is 12.5. The molecule has 1 aliphatic heterocycles. The lowest BCUT2D eigenvalue weighted by Crippen LogP contribution is -2.39.